The highest BCUT2D eigenvalue weighted by molar-refractivity contribution is 6.30. The van der Waals surface area contributed by atoms with Gasteiger partial charge in [-0.2, -0.15) is 0 Å². The Labute approximate surface area is 123 Å². The highest BCUT2D eigenvalue weighted by Gasteiger charge is 2.14. The molecule has 1 N–H and O–H groups in total. The zero-order chi connectivity index (χ0) is 13.8. The van der Waals surface area contributed by atoms with Crippen LogP contribution in [0.1, 0.15) is 12.8 Å². The van der Waals surface area contributed by atoms with Crippen molar-refractivity contribution in [3.63, 3.8) is 0 Å². The predicted molar refractivity (Wildman–Crippen MR) is 81.2 cm³/mol. The molecule has 1 fully saturated rings. The molecule has 0 spiro atoms. The van der Waals surface area contributed by atoms with Crippen molar-refractivity contribution in [2.24, 2.45) is 0 Å². The average molecular weight is 289 g/mol. The second-order valence-electron chi connectivity index (χ2n) is 5.02. The molecule has 2 heterocycles. The third kappa shape index (κ3) is 3.30. The summed E-state index contributed by atoms with van der Waals surface area (Å²) >= 11 is 5.91. The first-order valence-electron chi connectivity index (χ1n) is 6.88. The lowest BCUT2D eigenvalue weighted by Crippen LogP contribution is -2.28. The summed E-state index contributed by atoms with van der Waals surface area (Å²) in [6.45, 7) is 1.79. The fourth-order valence-electron chi connectivity index (χ4n) is 2.39. The van der Waals surface area contributed by atoms with Crippen molar-refractivity contribution in [2.45, 2.75) is 18.9 Å². The fraction of sp³-hybridized carbons (Fsp3) is 0.312. The number of ether oxygens (including phenoxy) is 1. The van der Waals surface area contributed by atoms with Crippen LogP contribution in [0.4, 0.5) is 0 Å². The number of aromatic nitrogens is 1. The molecule has 104 valence electrons. The molecule has 20 heavy (non-hydrogen) atoms. The molecule has 1 atom stereocenters. The van der Waals surface area contributed by atoms with Gasteiger partial charge in [-0.05, 0) is 43.1 Å². The zero-order valence-corrected chi connectivity index (χ0v) is 11.9. The highest BCUT2D eigenvalue weighted by Crippen LogP contribution is 2.24. The van der Waals surface area contributed by atoms with Crippen molar-refractivity contribution in [2.75, 3.05) is 13.2 Å². The number of pyridine rings is 1. The molecular formula is C16H17ClN2O. The van der Waals surface area contributed by atoms with Crippen molar-refractivity contribution < 1.29 is 4.74 Å². The summed E-state index contributed by atoms with van der Waals surface area (Å²) in [6.07, 6.45) is 6.01. The smallest absolute Gasteiger partial charge is 0.138 e. The molecule has 0 saturated carbocycles. The van der Waals surface area contributed by atoms with Crippen LogP contribution in [0.3, 0.4) is 0 Å². The van der Waals surface area contributed by atoms with E-state index in [4.69, 9.17) is 16.3 Å². The standard InChI is InChI=1S/C16H17ClN2O/c17-14-5-3-12(4-6-14)13-8-16(10-18-9-13)20-11-15-2-1-7-19-15/h3-6,8-10,15,19H,1-2,7,11H2/t15-/m0/s1. The van der Waals surface area contributed by atoms with Crippen LogP contribution in [0, 0.1) is 0 Å². The van der Waals surface area contributed by atoms with Crippen LogP contribution < -0.4 is 10.1 Å². The summed E-state index contributed by atoms with van der Waals surface area (Å²) in [7, 11) is 0. The molecule has 1 saturated heterocycles. The maximum atomic E-state index is 5.91. The van der Waals surface area contributed by atoms with E-state index < -0.39 is 0 Å². The summed E-state index contributed by atoms with van der Waals surface area (Å²) in [6, 6.07) is 10.2. The minimum atomic E-state index is 0.467. The summed E-state index contributed by atoms with van der Waals surface area (Å²) in [5.74, 6) is 0.811. The Morgan fingerprint density at radius 1 is 1.20 bits per heavy atom. The van der Waals surface area contributed by atoms with Gasteiger partial charge < -0.3 is 10.1 Å². The molecule has 1 aliphatic heterocycles. The highest BCUT2D eigenvalue weighted by atomic mass is 35.5. The molecule has 3 rings (SSSR count). The Morgan fingerprint density at radius 2 is 2.05 bits per heavy atom. The summed E-state index contributed by atoms with van der Waals surface area (Å²) in [5.41, 5.74) is 2.13. The Bertz CT molecular complexity index is 565. The van der Waals surface area contributed by atoms with E-state index in [0.29, 0.717) is 12.6 Å². The molecule has 2 aromatic rings. The first kappa shape index (κ1) is 13.4. The molecule has 0 aliphatic carbocycles. The van der Waals surface area contributed by atoms with E-state index >= 15 is 0 Å². The quantitative estimate of drug-likeness (QED) is 0.934. The van der Waals surface area contributed by atoms with Gasteiger partial charge in [-0.25, -0.2) is 0 Å². The lowest BCUT2D eigenvalue weighted by atomic mass is 10.1. The summed E-state index contributed by atoms with van der Waals surface area (Å²) in [4.78, 5) is 4.25. The lowest BCUT2D eigenvalue weighted by Gasteiger charge is -2.12. The van der Waals surface area contributed by atoms with Gasteiger partial charge in [0.1, 0.15) is 12.4 Å². The maximum absolute atomic E-state index is 5.91. The molecule has 0 radical (unpaired) electrons. The maximum Gasteiger partial charge on any atom is 0.138 e. The fourth-order valence-corrected chi connectivity index (χ4v) is 2.52. The molecule has 1 aliphatic rings. The normalized spacial score (nSPS) is 18.1. The Hall–Kier alpha value is -1.58. The van der Waals surface area contributed by atoms with E-state index in [1.165, 1.54) is 12.8 Å². The van der Waals surface area contributed by atoms with E-state index in [1.807, 2.05) is 36.5 Å². The molecule has 4 heteroatoms. The Kier molecular flexibility index (Phi) is 4.19. The molecular weight excluding hydrogens is 272 g/mol. The van der Waals surface area contributed by atoms with Crippen molar-refractivity contribution in [1.29, 1.82) is 0 Å². The van der Waals surface area contributed by atoms with Crippen LogP contribution in [0.5, 0.6) is 5.75 Å². The van der Waals surface area contributed by atoms with Gasteiger partial charge in [-0.3, -0.25) is 4.98 Å². The molecule has 1 aromatic heterocycles. The molecule has 0 bridgehead atoms. The first-order valence-corrected chi connectivity index (χ1v) is 7.26. The van der Waals surface area contributed by atoms with E-state index in [9.17, 15) is 0 Å². The second-order valence-corrected chi connectivity index (χ2v) is 5.46. The number of nitrogens with zero attached hydrogens (tertiary/aromatic N) is 1. The van der Waals surface area contributed by atoms with Gasteiger partial charge >= 0.3 is 0 Å². The minimum absolute atomic E-state index is 0.467. The minimum Gasteiger partial charge on any atom is -0.490 e. The largest absolute Gasteiger partial charge is 0.490 e. The number of benzene rings is 1. The van der Waals surface area contributed by atoms with Gasteiger partial charge in [0.05, 0.1) is 6.20 Å². The first-order chi connectivity index (χ1) is 9.81. The monoisotopic (exact) mass is 288 g/mol. The van der Waals surface area contributed by atoms with Gasteiger partial charge in [0, 0.05) is 22.8 Å². The Balaban J connectivity index is 1.70. The van der Waals surface area contributed by atoms with Gasteiger partial charge in [0.2, 0.25) is 0 Å². The lowest BCUT2D eigenvalue weighted by molar-refractivity contribution is 0.276. The van der Waals surface area contributed by atoms with Crippen LogP contribution in [-0.2, 0) is 0 Å². The average Bonchev–Trinajstić information content (AvgIpc) is 3.00. The molecule has 3 nitrogen and oxygen atoms in total. The zero-order valence-electron chi connectivity index (χ0n) is 11.2. The predicted octanol–water partition coefficient (Wildman–Crippen LogP) is 3.53. The van der Waals surface area contributed by atoms with Crippen LogP contribution in [0.2, 0.25) is 5.02 Å². The number of rotatable bonds is 4. The van der Waals surface area contributed by atoms with Gasteiger partial charge in [0.15, 0.2) is 0 Å². The van der Waals surface area contributed by atoms with Gasteiger partial charge in [-0.15, -0.1) is 0 Å². The van der Waals surface area contributed by atoms with Crippen molar-refractivity contribution in [1.82, 2.24) is 10.3 Å². The van der Waals surface area contributed by atoms with E-state index in [1.54, 1.807) is 6.20 Å². The summed E-state index contributed by atoms with van der Waals surface area (Å²) < 4.78 is 5.82. The number of halogens is 1. The van der Waals surface area contributed by atoms with Crippen molar-refractivity contribution in [3.05, 3.63) is 47.7 Å². The summed E-state index contributed by atoms with van der Waals surface area (Å²) in [5, 5.41) is 4.16. The van der Waals surface area contributed by atoms with Crippen LogP contribution in [-0.4, -0.2) is 24.2 Å². The number of hydrogen-bond acceptors (Lipinski definition) is 3. The molecule has 0 amide bonds. The molecule has 1 aromatic carbocycles. The van der Waals surface area contributed by atoms with E-state index in [0.717, 1.165) is 28.4 Å². The second kappa shape index (κ2) is 6.25. The van der Waals surface area contributed by atoms with Gasteiger partial charge in [0.25, 0.3) is 0 Å². The third-order valence-corrected chi connectivity index (χ3v) is 3.76. The van der Waals surface area contributed by atoms with Crippen LogP contribution >= 0.6 is 11.6 Å². The van der Waals surface area contributed by atoms with Crippen LogP contribution in [0.15, 0.2) is 42.7 Å². The topological polar surface area (TPSA) is 34.1 Å². The van der Waals surface area contributed by atoms with Crippen LogP contribution in [0.25, 0.3) is 11.1 Å². The third-order valence-electron chi connectivity index (χ3n) is 3.50. The number of hydrogen-bond donors (Lipinski definition) is 1. The van der Waals surface area contributed by atoms with Crippen molar-refractivity contribution in [3.8, 4) is 16.9 Å². The SMILES string of the molecule is Clc1ccc(-c2cncc(OC[C@@H]3CCCN3)c2)cc1. The van der Waals surface area contributed by atoms with E-state index in [-0.39, 0.29) is 0 Å². The van der Waals surface area contributed by atoms with E-state index in [2.05, 4.69) is 10.3 Å². The Morgan fingerprint density at radius 3 is 2.80 bits per heavy atom. The van der Waals surface area contributed by atoms with Gasteiger partial charge in [-0.1, -0.05) is 23.7 Å². The number of nitrogens with one attached hydrogen (secondary N) is 1. The molecule has 0 unspecified atom stereocenters. The van der Waals surface area contributed by atoms with Crippen molar-refractivity contribution >= 4 is 11.6 Å².